The van der Waals surface area contributed by atoms with Crippen molar-refractivity contribution in [1.82, 2.24) is 0 Å². The van der Waals surface area contributed by atoms with Gasteiger partial charge in [0.25, 0.3) is 0 Å². The van der Waals surface area contributed by atoms with Crippen molar-refractivity contribution >= 4 is 11.4 Å². The van der Waals surface area contributed by atoms with E-state index in [-0.39, 0.29) is 0 Å². The number of aryl methyl sites for hydroxylation is 4. The molecule has 0 saturated heterocycles. The summed E-state index contributed by atoms with van der Waals surface area (Å²) in [6.07, 6.45) is 27.2. The SMILES string of the molecule is CCCCCCc1cc(CCCCCC)cc(C(=C(CCCC)C(=C=[N+]=[N-])CCCCC)c2cc(CCCC)cc(CCCC)c2)c1.[CH3][Ni][CH3]. The first kappa shape index (κ1) is 45.9. The van der Waals surface area contributed by atoms with Gasteiger partial charge in [0, 0.05) is 0 Å². The molecule has 2 rings (SSSR count). The van der Waals surface area contributed by atoms with Crippen LogP contribution in [0.25, 0.3) is 11.1 Å². The van der Waals surface area contributed by atoms with Crippen molar-refractivity contribution in [2.75, 3.05) is 0 Å². The van der Waals surface area contributed by atoms with Gasteiger partial charge in [-0.2, -0.15) is 0 Å². The van der Waals surface area contributed by atoms with Crippen LogP contribution in [-0.2, 0) is 40.1 Å². The Bertz CT molecular complexity index is 1240. The summed E-state index contributed by atoms with van der Waals surface area (Å²) in [5.74, 6) is 7.26. The van der Waals surface area contributed by atoms with Crippen LogP contribution >= 0.6 is 0 Å². The Morgan fingerprint density at radius 1 is 0.500 bits per heavy atom. The first-order valence-electron chi connectivity index (χ1n) is 20.6. The molecule has 0 saturated carbocycles. The monoisotopic (exact) mass is 727 g/mol. The van der Waals surface area contributed by atoms with E-state index in [1.165, 1.54) is 134 Å². The van der Waals surface area contributed by atoms with Crippen LogP contribution in [-0.4, -0.2) is 10.7 Å². The van der Waals surface area contributed by atoms with Gasteiger partial charge in [0.05, 0.1) is 5.57 Å². The van der Waals surface area contributed by atoms with E-state index >= 15 is 0 Å². The van der Waals surface area contributed by atoms with Crippen molar-refractivity contribution in [2.24, 2.45) is 0 Å². The fraction of sp³-hybridized carbons (Fsp3) is 0.660. The summed E-state index contributed by atoms with van der Waals surface area (Å²) in [5, 5.41) is 0. The molecule has 2 aromatic carbocycles. The molecular weight excluding hydrogens is 651 g/mol. The summed E-state index contributed by atoms with van der Waals surface area (Å²) in [6, 6.07) is 15.0. The maximum absolute atomic E-state index is 9.91. The average Bonchev–Trinajstić information content (AvgIpc) is 3.12. The van der Waals surface area contributed by atoms with Crippen LogP contribution in [0.4, 0.5) is 0 Å². The molecule has 50 heavy (non-hydrogen) atoms. The van der Waals surface area contributed by atoms with E-state index in [9.17, 15) is 5.53 Å². The molecule has 0 amide bonds. The third kappa shape index (κ3) is 18.9. The minimum atomic E-state index is 0.902. The molecule has 2 aromatic rings. The van der Waals surface area contributed by atoms with Crippen molar-refractivity contribution in [3.05, 3.63) is 86.5 Å². The van der Waals surface area contributed by atoms with E-state index < -0.39 is 0 Å². The average molecular weight is 728 g/mol. The van der Waals surface area contributed by atoms with E-state index in [2.05, 4.69) is 100 Å². The van der Waals surface area contributed by atoms with Gasteiger partial charge in [0.1, 0.15) is 0 Å². The number of rotatable bonds is 26. The molecule has 0 radical (unpaired) electrons. The first-order chi connectivity index (χ1) is 24.5. The van der Waals surface area contributed by atoms with Gasteiger partial charge < -0.3 is 5.53 Å². The summed E-state index contributed by atoms with van der Waals surface area (Å²) in [7, 11) is 0. The van der Waals surface area contributed by atoms with Crippen LogP contribution in [0.3, 0.4) is 0 Å². The van der Waals surface area contributed by atoms with Crippen molar-refractivity contribution in [3.63, 3.8) is 0 Å². The van der Waals surface area contributed by atoms with Gasteiger partial charge in [-0.1, -0.05) is 149 Å². The van der Waals surface area contributed by atoms with E-state index in [4.69, 9.17) is 0 Å². The summed E-state index contributed by atoms with van der Waals surface area (Å²) < 4.78 is 0. The molecule has 0 aromatic heterocycles. The van der Waals surface area contributed by atoms with Crippen LogP contribution in [0.2, 0.25) is 11.8 Å². The fourth-order valence-corrected chi connectivity index (χ4v) is 6.85. The van der Waals surface area contributed by atoms with E-state index in [1.54, 1.807) is 14.4 Å². The van der Waals surface area contributed by atoms with Gasteiger partial charge in [-0.05, 0) is 122 Å². The second-order valence-corrected chi connectivity index (χ2v) is 15.3. The Balaban J connectivity index is 0.00000401. The molecule has 0 aliphatic heterocycles. The van der Waals surface area contributed by atoms with Gasteiger partial charge in [-0.15, -0.1) is 4.79 Å². The van der Waals surface area contributed by atoms with Gasteiger partial charge in [-0.25, -0.2) is 0 Å². The second-order valence-electron chi connectivity index (χ2n) is 14.3. The maximum atomic E-state index is 9.91. The zero-order valence-corrected chi connectivity index (χ0v) is 34.9. The van der Waals surface area contributed by atoms with Gasteiger partial charge in [-0.3, -0.25) is 0 Å². The topological polar surface area (TPSA) is 36.4 Å². The summed E-state index contributed by atoms with van der Waals surface area (Å²) in [5.41, 5.74) is 22.3. The van der Waals surface area contributed by atoms with Gasteiger partial charge in [0.2, 0.25) is 0 Å². The molecule has 0 unspecified atom stereocenters. The molecule has 0 spiro atoms. The molecular formula is C47H76N2Ni. The Morgan fingerprint density at radius 2 is 0.880 bits per heavy atom. The molecule has 0 N–H and O–H groups in total. The van der Waals surface area contributed by atoms with E-state index in [0.29, 0.717) is 0 Å². The predicted octanol–water partition coefficient (Wildman–Crippen LogP) is 15.2. The number of unbranched alkanes of at least 4 members (excludes halogenated alkanes) is 11. The van der Waals surface area contributed by atoms with Crippen LogP contribution < -0.4 is 0 Å². The molecule has 0 heterocycles. The van der Waals surface area contributed by atoms with Crippen molar-refractivity contribution < 1.29 is 19.2 Å². The Labute approximate surface area is 316 Å². The molecule has 3 heteroatoms. The predicted molar refractivity (Wildman–Crippen MR) is 219 cm³/mol. The van der Waals surface area contributed by atoms with Crippen LogP contribution in [0, 0.1) is 0 Å². The molecule has 2 nitrogen and oxygen atoms in total. The number of nitrogens with zero attached hydrogens (tertiary/aromatic N) is 2. The van der Waals surface area contributed by atoms with Crippen molar-refractivity contribution in [3.8, 4) is 0 Å². The fourth-order valence-electron chi connectivity index (χ4n) is 6.85. The number of hydrogen-bond acceptors (Lipinski definition) is 0. The normalized spacial score (nSPS) is 11.4. The summed E-state index contributed by atoms with van der Waals surface area (Å²) in [4.78, 5) is 3.56. The summed E-state index contributed by atoms with van der Waals surface area (Å²) >= 11 is 1.62. The van der Waals surface area contributed by atoms with E-state index in [0.717, 1.165) is 63.4 Å². The molecule has 0 aliphatic carbocycles. The molecule has 0 fully saturated rings. The zero-order chi connectivity index (χ0) is 36.8. The van der Waals surface area contributed by atoms with E-state index in [1.807, 2.05) is 0 Å². The number of allylic oxidation sites excluding steroid dienone is 2. The number of hydrogen-bond donors (Lipinski definition) is 0. The Hall–Kier alpha value is -2.17. The summed E-state index contributed by atoms with van der Waals surface area (Å²) in [6.45, 7) is 13.7. The van der Waals surface area contributed by atoms with Crippen LogP contribution in [0.1, 0.15) is 197 Å². The molecule has 0 bridgehead atoms. The quantitative estimate of drug-likeness (QED) is 0.0231. The minimum absolute atomic E-state index is 0.902. The zero-order valence-electron chi connectivity index (χ0n) is 33.9. The molecule has 0 aliphatic rings. The molecule has 0 atom stereocenters. The van der Waals surface area contributed by atoms with Crippen molar-refractivity contribution in [2.45, 2.75) is 201 Å². The Morgan fingerprint density at radius 3 is 1.26 bits per heavy atom. The van der Waals surface area contributed by atoms with Crippen LogP contribution in [0.15, 0.2) is 47.5 Å². The van der Waals surface area contributed by atoms with Gasteiger partial charge in [0.15, 0.2) is 0 Å². The standard InChI is InChI=1S/C45H70N2.2CH3.Ni/c1-7-13-19-22-26-39-31-40(27-23-20-14-8-2)35-43(34-39)45(44(29-18-12-6)41(36-47-46)28-21-15-9-3)42-32-37(24-16-10-4)30-38(33-42)25-17-11-5;;;/h30-35H,7-29H2,1-6H3;2*1H3;. The van der Waals surface area contributed by atoms with Gasteiger partial charge >= 0.3 is 32.1 Å². The van der Waals surface area contributed by atoms with Crippen molar-refractivity contribution in [1.29, 1.82) is 0 Å². The third-order valence-electron chi connectivity index (χ3n) is 9.62. The van der Waals surface area contributed by atoms with Crippen LogP contribution in [0.5, 0.6) is 0 Å². The Kier molecular flexibility index (Phi) is 27.9. The molecule has 284 valence electrons. The first-order valence-corrected chi connectivity index (χ1v) is 22.6. The third-order valence-corrected chi connectivity index (χ3v) is 9.62. The number of benzene rings is 2. The second kappa shape index (κ2) is 30.5.